The van der Waals surface area contributed by atoms with Crippen molar-refractivity contribution in [2.45, 2.75) is 59.4 Å². The Bertz CT molecular complexity index is 136. The lowest BCUT2D eigenvalue weighted by molar-refractivity contribution is 0.227. The fourth-order valence-electron chi connectivity index (χ4n) is 1.58. The molecule has 2 atom stereocenters. The summed E-state index contributed by atoms with van der Waals surface area (Å²) >= 11 is 0. The minimum Gasteiger partial charge on any atom is -0.396 e. The van der Waals surface area contributed by atoms with E-state index in [4.69, 9.17) is 5.11 Å². The highest BCUT2D eigenvalue weighted by Crippen LogP contribution is 2.07. The van der Waals surface area contributed by atoms with Gasteiger partial charge in [0.2, 0.25) is 0 Å². The molecule has 2 heteroatoms. The van der Waals surface area contributed by atoms with Crippen LogP contribution in [0, 0.1) is 11.8 Å². The van der Waals surface area contributed by atoms with Crippen molar-refractivity contribution >= 4 is 0 Å². The Labute approximate surface area is 95.5 Å². The topological polar surface area (TPSA) is 32.3 Å². The summed E-state index contributed by atoms with van der Waals surface area (Å²) in [7, 11) is 0. The molecule has 0 rings (SSSR count). The molecule has 0 aliphatic carbocycles. The van der Waals surface area contributed by atoms with E-state index in [0.29, 0.717) is 18.6 Å². The first-order chi connectivity index (χ1) is 7.06. The normalized spacial score (nSPS) is 15.6. The highest BCUT2D eigenvalue weighted by atomic mass is 16.3. The molecular weight excluding hydrogens is 186 g/mol. The van der Waals surface area contributed by atoms with Crippen LogP contribution in [0.25, 0.3) is 0 Å². The van der Waals surface area contributed by atoms with E-state index in [-0.39, 0.29) is 0 Å². The van der Waals surface area contributed by atoms with Gasteiger partial charge in [-0.3, -0.25) is 0 Å². The van der Waals surface area contributed by atoms with Crippen molar-refractivity contribution in [3.63, 3.8) is 0 Å². The molecule has 2 unspecified atom stereocenters. The average Bonchev–Trinajstić information content (AvgIpc) is 2.21. The number of nitrogens with one attached hydrogen (secondary N) is 1. The standard InChI is InChI=1S/C13H29NO/c1-11(2)7-8-13(4)14-9-5-6-12(3)10-15/h11-15H,5-10H2,1-4H3. The molecule has 92 valence electrons. The quantitative estimate of drug-likeness (QED) is 0.580. The number of aliphatic hydroxyl groups is 1. The van der Waals surface area contributed by atoms with Crippen LogP contribution in [-0.4, -0.2) is 24.3 Å². The Kier molecular flexibility index (Phi) is 9.12. The van der Waals surface area contributed by atoms with Crippen LogP contribution in [0.2, 0.25) is 0 Å². The van der Waals surface area contributed by atoms with E-state index in [1.807, 2.05) is 0 Å². The predicted octanol–water partition coefficient (Wildman–Crippen LogP) is 2.81. The molecule has 0 radical (unpaired) electrons. The summed E-state index contributed by atoms with van der Waals surface area (Å²) in [5.41, 5.74) is 0. The third-order valence-corrected chi connectivity index (χ3v) is 2.86. The van der Waals surface area contributed by atoms with Gasteiger partial charge in [0.05, 0.1) is 0 Å². The number of rotatable bonds is 9. The summed E-state index contributed by atoms with van der Waals surface area (Å²) in [5.74, 6) is 1.27. The Morgan fingerprint density at radius 1 is 1.00 bits per heavy atom. The van der Waals surface area contributed by atoms with Crippen molar-refractivity contribution in [1.29, 1.82) is 0 Å². The third kappa shape index (κ3) is 10.2. The molecule has 0 heterocycles. The highest BCUT2D eigenvalue weighted by Gasteiger charge is 2.03. The van der Waals surface area contributed by atoms with Crippen LogP contribution in [0.5, 0.6) is 0 Å². The maximum absolute atomic E-state index is 8.87. The van der Waals surface area contributed by atoms with Gasteiger partial charge < -0.3 is 10.4 Å². The smallest absolute Gasteiger partial charge is 0.0456 e. The third-order valence-electron chi connectivity index (χ3n) is 2.86. The van der Waals surface area contributed by atoms with E-state index in [1.165, 1.54) is 19.3 Å². The SMILES string of the molecule is CC(C)CCC(C)NCCCC(C)CO. The molecule has 15 heavy (non-hydrogen) atoms. The molecule has 0 spiro atoms. The molecule has 0 aromatic rings. The summed E-state index contributed by atoms with van der Waals surface area (Å²) < 4.78 is 0. The molecule has 0 aromatic heterocycles. The minimum atomic E-state index is 0.322. The first-order valence-electron chi connectivity index (χ1n) is 6.40. The van der Waals surface area contributed by atoms with E-state index in [1.54, 1.807) is 0 Å². The zero-order valence-electron chi connectivity index (χ0n) is 10.9. The van der Waals surface area contributed by atoms with Crippen molar-refractivity contribution < 1.29 is 5.11 Å². The summed E-state index contributed by atoms with van der Waals surface area (Å²) in [5, 5.41) is 12.4. The molecule has 0 fully saturated rings. The lowest BCUT2D eigenvalue weighted by atomic mass is 10.0. The van der Waals surface area contributed by atoms with Crippen molar-refractivity contribution in [3.8, 4) is 0 Å². The molecule has 0 amide bonds. The van der Waals surface area contributed by atoms with Crippen LogP contribution >= 0.6 is 0 Å². The molecule has 0 bridgehead atoms. The summed E-state index contributed by atoms with van der Waals surface area (Å²) in [6, 6.07) is 0.636. The molecule has 2 nitrogen and oxygen atoms in total. The average molecular weight is 215 g/mol. The Morgan fingerprint density at radius 3 is 2.20 bits per heavy atom. The second-order valence-corrected chi connectivity index (χ2v) is 5.26. The van der Waals surface area contributed by atoms with E-state index in [2.05, 4.69) is 33.0 Å². The maximum Gasteiger partial charge on any atom is 0.0456 e. The van der Waals surface area contributed by atoms with Crippen molar-refractivity contribution in [2.75, 3.05) is 13.2 Å². The summed E-state index contributed by atoms with van der Waals surface area (Å²) in [6.45, 7) is 10.3. The Hall–Kier alpha value is -0.0800. The van der Waals surface area contributed by atoms with E-state index >= 15 is 0 Å². The van der Waals surface area contributed by atoms with Crippen LogP contribution in [0.15, 0.2) is 0 Å². The van der Waals surface area contributed by atoms with Gasteiger partial charge in [-0.2, -0.15) is 0 Å². The van der Waals surface area contributed by atoms with Gasteiger partial charge in [-0.25, -0.2) is 0 Å². The van der Waals surface area contributed by atoms with Crippen LogP contribution < -0.4 is 5.32 Å². The molecule has 2 N–H and O–H groups in total. The largest absolute Gasteiger partial charge is 0.396 e. The fourth-order valence-corrected chi connectivity index (χ4v) is 1.58. The van der Waals surface area contributed by atoms with Crippen LogP contribution in [0.4, 0.5) is 0 Å². The van der Waals surface area contributed by atoms with E-state index in [0.717, 1.165) is 18.9 Å². The zero-order valence-corrected chi connectivity index (χ0v) is 10.9. The monoisotopic (exact) mass is 215 g/mol. The second-order valence-electron chi connectivity index (χ2n) is 5.26. The Morgan fingerprint density at radius 2 is 1.67 bits per heavy atom. The summed E-state index contributed by atoms with van der Waals surface area (Å²) in [4.78, 5) is 0. The second kappa shape index (κ2) is 9.17. The van der Waals surface area contributed by atoms with Gasteiger partial charge in [0, 0.05) is 12.6 Å². The van der Waals surface area contributed by atoms with Gasteiger partial charge in [-0.05, 0) is 51.0 Å². The minimum absolute atomic E-state index is 0.322. The van der Waals surface area contributed by atoms with Gasteiger partial charge in [0.15, 0.2) is 0 Å². The van der Waals surface area contributed by atoms with Gasteiger partial charge in [-0.15, -0.1) is 0 Å². The van der Waals surface area contributed by atoms with Crippen LogP contribution in [0.3, 0.4) is 0 Å². The predicted molar refractivity (Wildman–Crippen MR) is 67.0 cm³/mol. The van der Waals surface area contributed by atoms with Crippen molar-refractivity contribution in [3.05, 3.63) is 0 Å². The zero-order chi connectivity index (χ0) is 11.7. The van der Waals surface area contributed by atoms with Gasteiger partial charge >= 0.3 is 0 Å². The van der Waals surface area contributed by atoms with Gasteiger partial charge in [0.25, 0.3) is 0 Å². The van der Waals surface area contributed by atoms with E-state index in [9.17, 15) is 0 Å². The van der Waals surface area contributed by atoms with Gasteiger partial charge in [0.1, 0.15) is 0 Å². The van der Waals surface area contributed by atoms with Crippen LogP contribution in [-0.2, 0) is 0 Å². The lowest BCUT2D eigenvalue weighted by Crippen LogP contribution is -2.27. The molecule has 0 saturated heterocycles. The number of hydrogen-bond donors (Lipinski definition) is 2. The first kappa shape index (κ1) is 14.9. The van der Waals surface area contributed by atoms with Crippen LogP contribution in [0.1, 0.15) is 53.4 Å². The summed E-state index contributed by atoms with van der Waals surface area (Å²) in [6.07, 6.45) is 4.88. The molecule has 0 aliphatic heterocycles. The molecule has 0 aliphatic rings. The van der Waals surface area contributed by atoms with E-state index < -0.39 is 0 Å². The van der Waals surface area contributed by atoms with Crippen molar-refractivity contribution in [1.82, 2.24) is 5.32 Å². The highest BCUT2D eigenvalue weighted by molar-refractivity contribution is 4.62. The number of aliphatic hydroxyl groups excluding tert-OH is 1. The maximum atomic E-state index is 8.87. The number of hydrogen-bond acceptors (Lipinski definition) is 2. The molecule has 0 aromatic carbocycles. The van der Waals surface area contributed by atoms with Crippen molar-refractivity contribution in [2.24, 2.45) is 11.8 Å². The first-order valence-corrected chi connectivity index (χ1v) is 6.40. The lowest BCUT2D eigenvalue weighted by Gasteiger charge is -2.15. The Balaban J connectivity index is 3.27. The molecular formula is C13H29NO. The van der Waals surface area contributed by atoms with Gasteiger partial charge in [-0.1, -0.05) is 20.8 Å². The molecule has 0 saturated carbocycles. The fraction of sp³-hybridized carbons (Fsp3) is 1.00.